The Morgan fingerprint density at radius 2 is 1.52 bits per heavy atom. The van der Waals surface area contributed by atoms with E-state index in [0.717, 1.165) is 31.0 Å². The van der Waals surface area contributed by atoms with Crippen molar-refractivity contribution in [2.75, 3.05) is 13.2 Å². The van der Waals surface area contributed by atoms with E-state index in [1.807, 2.05) is 0 Å². The minimum Gasteiger partial charge on any atom is -0.492 e. The summed E-state index contributed by atoms with van der Waals surface area (Å²) in [4.78, 5) is 2.83. The van der Waals surface area contributed by atoms with Gasteiger partial charge in [-0.25, -0.2) is 0 Å². The topological polar surface area (TPSA) is 12.5 Å². The summed E-state index contributed by atoms with van der Waals surface area (Å²) in [7, 11) is 0. The summed E-state index contributed by atoms with van der Waals surface area (Å²) in [5, 5.41) is 0. The number of nitrogens with zero attached hydrogens (tertiary/aromatic N) is 1. The molecular formula is C21H33NO. The van der Waals surface area contributed by atoms with Crippen LogP contribution in [-0.4, -0.2) is 30.1 Å². The predicted molar refractivity (Wildman–Crippen MR) is 97.1 cm³/mol. The van der Waals surface area contributed by atoms with E-state index >= 15 is 0 Å². The van der Waals surface area contributed by atoms with Crippen molar-refractivity contribution in [2.24, 2.45) is 0 Å². The van der Waals surface area contributed by atoms with E-state index < -0.39 is 0 Å². The van der Waals surface area contributed by atoms with Crippen LogP contribution in [-0.2, 0) is 0 Å². The van der Waals surface area contributed by atoms with Gasteiger partial charge in [0.05, 0.1) is 0 Å². The van der Waals surface area contributed by atoms with Crippen LogP contribution >= 0.6 is 0 Å². The zero-order chi connectivity index (χ0) is 15.9. The van der Waals surface area contributed by atoms with Crippen molar-refractivity contribution in [3.63, 3.8) is 0 Å². The van der Waals surface area contributed by atoms with Crippen molar-refractivity contribution in [2.45, 2.75) is 83.2 Å². The molecule has 0 N–H and O–H groups in total. The Morgan fingerprint density at radius 3 is 2.09 bits per heavy atom. The van der Waals surface area contributed by atoms with Crippen LogP contribution in [0.4, 0.5) is 0 Å². The summed E-state index contributed by atoms with van der Waals surface area (Å²) in [6, 6.07) is 10.1. The van der Waals surface area contributed by atoms with Crippen molar-refractivity contribution < 1.29 is 4.74 Å². The molecule has 0 bridgehead atoms. The summed E-state index contributed by atoms with van der Waals surface area (Å²) in [6.07, 6.45) is 14.2. The highest BCUT2D eigenvalue weighted by Crippen LogP contribution is 2.30. The maximum atomic E-state index is 6.06. The largest absolute Gasteiger partial charge is 0.492 e. The molecule has 0 heterocycles. The lowest BCUT2D eigenvalue weighted by molar-refractivity contribution is 0.0660. The van der Waals surface area contributed by atoms with Gasteiger partial charge >= 0.3 is 0 Å². The van der Waals surface area contributed by atoms with Gasteiger partial charge in [-0.2, -0.15) is 0 Å². The zero-order valence-electron chi connectivity index (χ0n) is 14.8. The molecule has 0 radical (unpaired) electrons. The average Bonchev–Trinajstić information content (AvgIpc) is 2.60. The fourth-order valence-corrected chi connectivity index (χ4v) is 4.46. The van der Waals surface area contributed by atoms with Crippen LogP contribution in [0.1, 0.15) is 69.8 Å². The molecule has 3 rings (SSSR count). The highest BCUT2D eigenvalue weighted by molar-refractivity contribution is 5.27. The molecule has 0 spiro atoms. The van der Waals surface area contributed by atoms with Gasteiger partial charge in [-0.15, -0.1) is 0 Å². The number of aryl methyl sites for hydroxylation is 1. The van der Waals surface area contributed by atoms with Crippen LogP contribution < -0.4 is 4.74 Å². The zero-order valence-corrected chi connectivity index (χ0v) is 14.8. The van der Waals surface area contributed by atoms with Crippen molar-refractivity contribution >= 4 is 0 Å². The van der Waals surface area contributed by atoms with Crippen LogP contribution in [0.3, 0.4) is 0 Å². The normalized spacial score (nSPS) is 20.8. The van der Waals surface area contributed by atoms with E-state index in [1.54, 1.807) is 0 Å². The molecular weight excluding hydrogens is 282 g/mol. The minimum atomic E-state index is 0.813. The summed E-state index contributed by atoms with van der Waals surface area (Å²) >= 11 is 0. The van der Waals surface area contributed by atoms with Crippen LogP contribution in [0.25, 0.3) is 0 Å². The van der Waals surface area contributed by atoms with Crippen molar-refractivity contribution in [1.29, 1.82) is 0 Å². The molecule has 2 saturated carbocycles. The average molecular weight is 316 g/mol. The first-order valence-electron chi connectivity index (χ1n) is 9.78. The maximum Gasteiger partial charge on any atom is 0.119 e. The molecule has 2 heteroatoms. The van der Waals surface area contributed by atoms with Gasteiger partial charge in [-0.1, -0.05) is 50.7 Å². The molecule has 0 unspecified atom stereocenters. The monoisotopic (exact) mass is 315 g/mol. The van der Waals surface area contributed by atoms with Gasteiger partial charge in [0, 0.05) is 18.6 Å². The molecule has 2 aliphatic carbocycles. The van der Waals surface area contributed by atoms with E-state index in [1.165, 1.54) is 69.8 Å². The highest BCUT2D eigenvalue weighted by atomic mass is 16.5. The third kappa shape index (κ3) is 4.97. The van der Waals surface area contributed by atoms with Crippen molar-refractivity contribution in [3.8, 4) is 5.75 Å². The number of hydrogen-bond donors (Lipinski definition) is 0. The molecule has 2 fully saturated rings. The number of benzene rings is 1. The Kier molecular flexibility index (Phi) is 6.38. The first kappa shape index (κ1) is 16.8. The lowest BCUT2D eigenvalue weighted by Gasteiger charge is -2.41. The van der Waals surface area contributed by atoms with Crippen LogP contribution in [0, 0.1) is 6.92 Å². The number of hydrogen-bond acceptors (Lipinski definition) is 2. The van der Waals surface area contributed by atoms with E-state index in [4.69, 9.17) is 4.74 Å². The fourth-order valence-electron chi connectivity index (χ4n) is 4.46. The van der Waals surface area contributed by atoms with E-state index in [9.17, 15) is 0 Å². The molecule has 0 atom stereocenters. The first-order chi connectivity index (χ1) is 11.3. The van der Waals surface area contributed by atoms with Gasteiger partial charge < -0.3 is 4.74 Å². The number of ether oxygens (including phenoxy) is 1. The predicted octanol–water partition coefficient (Wildman–Crippen LogP) is 5.34. The molecule has 2 aliphatic rings. The van der Waals surface area contributed by atoms with Gasteiger partial charge in [-0.3, -0.25) is 4.90 Å². The van der Waals surface area contributed by atoms with Crippen LogP contribution in [0.5, 0.6) is 5.75 Å². The Morgan fingerprint density at radius 1 is 0.913 bits per heavy atom. The Balaban J connectivity index is 1.56. The molecule has 0 aliphatic heterocycles. The second-order valence-corrected chi connectivity index (χ2v) is 7.49. The second-order valence-electron chi connectivity index (χ2n) is 7.49. The molecule has 1 aromatic carbocycles. The Hall–Kier alpha value is -1.02. The van der Waals surface area contributed by atoms with Gasteiger partial charge in [0.1, 0.15) is 12.4 Å². The lowest BCUT2D eigenvalue weighted by atomic mass is 9.88. The maximum absolute atomic E-state index is 6.06. The SMILES string of the molecule is Cc1cccc(OCCN(C2CCCCC2)C2CCCCC2)c1. The van der Waals surface area contributed by atoms with Gasteiger partial charge in [0.25, 0.3) is 0 Å². The number of rotatable bonds is 6. The third-order valence-electron chi connectivity index (χ3n) is 5.70. The Bertz CT molecular complexity index is 443. The lowest BCUT2D eigenvalue weighted by Crippen LogP contribution is -2.47. The molecule has 0 aromatic heterocycles. The minimum absolute atomic E-state index is 0.813. The molecule has 2 nitrogen and oxygen atoms in total. The molecule has 0 saturated heterocycles. The van der Waals surface area contributed by atoms with Crippen LogP contribution in [0.2, 0.25) is 0 Å². The standard InChI is InChI=1S/C21H33NO/c1-18-9-8-14-21(17-18)23-16-15-22(19-10-4-2-5-11-19)20-12-6-3-7-13-20/h8-9,14,17,19-20H,2-7,10-13,15-16H2,1H3. The van der Waals surface area contributed by atoms with E-state index in [2.05, 4.69) is 36.1 Å². The Labute approximate surface area is 142 Å². The fraction of sp³-hybridized carbons (Fsp3) is 0.714. The van der Waals surface area contributed by atoms with Crippen molar-refractivity contribution in [3.05, 3.63) is 29.8 Å². The highest BCUT2D eigenvalue weighted by Gasteiger charge is 2.28. The summed E-state index contributed by atoms with van der Waals surface area (Å²) in [6.45, 7) is 4.06. The third-order valence-corrected chi connectivity index (χ3v) is 5.70. The van der Waals surface area contributed by atoms with E-state index in [-0.39, 0.29) is 0 Å². The summed E-state index contributed by atoms with van der Waals surface area (Å²) in [5.74, 6) is 1.03. The second kappa shape index (κ2) is 8.73. The quantitative estimate of drug-likeness (QED) is 0.702. The molecule has 128 valence electrons. The van der Waals surface area contributed by atoms with Gasteiger partial charge in [-0.05, 0) is 50.3 Å². The first-order valence-corrected chi connectivity index (χ1v) is 9.78. The van der Waals surface area contributed by atoms with E-state index in [0.29, 0.717) is 0 Å². The molecule has 1 aromatic rings. The van der Waals surface area contributed by atoms with Crippen molar-refractivity contribution in [1.82, 2.24) is 4.90 Å². The smallest absolute Gasteiger partial charge is 0.119 e. The summed E-state index contributed by atoms with van der Waals surface area (Å²) < 4.78 is 6.06. The molecule has 0 amide bonds. The van der Waals surface area contributed by atoms with Gasteiger partial charge in [0.15, 0.2) is 0 Å². The molecule has 23 heavy (non-hydrogen) atoms. The van der Waals surface area contributed by atoms with Gasteiger partial charge in [0.2, 0.25) is 0 Å². The van der Waals surface area contributed by atoms with Crippen LogP contribution in [0.15, 0.2) is 24.3 Å². The summed E-state index contributed by atoms with van der Waals surface area (Å²) in [5.41, 5.74) is 1.28.